The number of nitrogens with one attached hydrogen (secondary N) is 2. The molecule has 2 aromatic rings. The predicted molar refractivity (Wildman–Crippen MR) is 118 cm³/mol. The van der Waals surface area contributed by atoms with Crippen molar-refractivity contribution in [3.05, 3.63) is 52.0 Å². The quantitative estimate of drug-likeness (QED) is 0.338. The largest absolute Gasteiger partial charge is 0.356 e. The third kappa shape index (κ3) is 8.77. The highest BCUT2D eigenvalue weighted by molar-refractivity contribution is 14.0. The summed E-state index contributed by atoms with van der Waals surface area (Å²) in [7, 11) is 0.863. The van der Waals surface area contributed by atoms with E-state index in [2.05, 4.69) is 26.0 Å². The Labute approximate surface area is 173 Å². The van der Waals surface area contributed by atoms with Crippen molar-refractivity contribution in [3.8, 4) is 0 Å². The van der Waals surface area contributed by atoms with Gasteiger partial charge in [0, 0.05) is 54.2 Å². The van der Waals surface area contributed by atoms with Crippen molar-refractivity contribution >= 4 is 52.1 Å². The Balaban J connectivity index is 0.00000312. The van der Waals surface area contributed by atoms with Crippen LogP contribution in [0, 0.1) is 6.92 Å². The summed E-state index contributed by atoms with van der Waals surface area (Å²) in [6.07, 6.45) is 0.866. The SMILES string of the molecule is CN=C(NCCc1csc(C)n1)NCCS(=O)Cc1ccccc1.I. The zero-order chi connectivity index (χ0) is 17.2. The molecule has 2 rings (SSSR count). The minimum absolute atomic E-state index is 0. The molecule has 1 aromatic heterocycles. The first-order valence-electron chi connectivity index (χ1n) is 7.92. The zero-order valence-corrected chi connectivity index (χ0v) is 18.5. The fourth-order valence-electron chi connectivity index (χ4n) is 2.17. The molecule has 5 nitrogen and oxygen atoms in total. The molecule has 25 heavy (non-hydrogen) atoms. The van der Waals surface area contributed by atoms with Crippen molar-refractivity contribution in [2.45, 2.75) is 19.1 Å². The van der Waals surface area contributed by atoms with Gasteiger partial charge in [-0.2, -0.15) is 0 Å². The molecule has 0 aliphatic carbocycles. The molecule has 2 N–H and O–H groups in total. The topological polar surface area (TPSA) is 66.4 Å². The lowest BCUT2D eigenvalue weighted by atomic mass is 10.2. The fourth-order valence-corrected chi connectivity index (χ4v) is 3.85. The maximum Gasteiger partial charge on any atom is 0.191 e. The van der Waals surface area contributed by atoms with Crippen LogP contribution < -0.4 is 10.6 Å². The van der Waals surface area contributed by atoms with Gasteiger partial charge in [-0.15, -0.1) is 35.3 Å². The molecule has 0 fully saturated rings. The Kier molecular flexibility index (Phi) is 10.9. The molecule has 0 bridgehead atoms. The Morgan fingerprint density at radius 1 is 1.24 bits per heavy atom. The Hall–Kier alpha value is -1.000. The Morgan fingerprint density at radius 2 is 1.96 bits per heavy atom. The van der Waals surface area contributed by atoms with Crippen LogP contribution in [0.25, 0.3) is 0 Å². The van der Waals surface area contributed by atoms with Gasteiger partial charge in [-0.3, -0.25) is 9.20 Å². The molecule has 1 aromatic carbocycles. The lowest BCUT2D eigenvalue weighted by Gasteiger charge is -2.11. The maximum atomic E-state index is 12.1. The number of guanidine groups is 1. The van der Waals surface area contributed by atoms with Gasteiger partial charge in [0.15, 0.2) is 5.96 Å². The lowest BCUT2D eigenvalue weighted by molar-refractivity contribution is 0.680. The Morgan fingerprint density at radius 3 is 2.60 bits per heavy atom. The van der Waals surface area contributed by atoms with Gasteiger partial charge < -0.3 is 10.6 Å². The number of thiazole rings is 1. The van der Waals surface area contributed by atoms with Crippen LogP contribution in [0.15, 0.2) is 40.7 Å². The first-order chi connectivity index (χ1) is 11.7. The molecule has 0 saturated carbocycles. The van der Waals surface area contributed by atoms with Crippen molar-refractivity contribution < 1.29 is 4.21 Å². The number of hydrogen-bond donors (Lipinski definition) is 2. The Bertz CT molecular complexity index is 676. The summed E-state index contributed by atoms with van der Waals surface area (Å²) in [4.78, 5) is 8.62. The summed E-state index contributed by atoms with van der Waals surface area (Å²) in [6, 6.07) is 9.93. The van der Waals surface area contributed by atoms with E-state index in [4.69, 9.17) is 0 Å². The van der Waals surface area contributed by atoms with E-state index in [9.17, 15) is 4.21 Å². The molecule has 1 unspecified atom stereocenters. The standard InChI is InChI=1S/C17H24N4OS2.HI/c1-14-21-16(12-23-14)8-9-19-17(18-2)20-10-11-24(22)13-15-6-4-3-5-7-15;/h3-7,12H,8-11,13H2,1-2H3,(H2,18,19,20);1H. The van der Waals surface area contributed by atoms with Gasteiger partial charge in [-0.1, -0.05) is 30.3 Å². The van der Waals surface area contributed by atoms with Crippen LogP contribution >= 0.6 is 35.3 Å². The van der Waals surface area contributed by atoms with Crippen LogP contribution in [-0.2, 0) is 23.0 Å². The summed E-state index contributed by atoms with van der Waals surface area (Å²) >= 11 is 1.67. The van der Waals surface area contributed by atoms with Crippen molar-refractivity contribution in [3.63, 3.8) is 0 Å². The third-order valence-electron chi connectivity index (χ3n) is 3.36. The zero-order valence-electron chi connectivity index (χ0n) is 14.5. The number of hydrogen-bond acceptors (Lipinski definition) is 4. The first kappa shape index (κ1) is 22.0. The van der Waals surface area contributed by atoms with E-state index < -0.39 is 10.8 Å². The highest BCUT2D eigenvalue weighted by atomic mass is 127. The summed E-state index contributed by atoms with van der Waals surface area (Å²) in [6.45, 7) is 3.42. The summed E-state index contributed by atoms with van der Waals surface area (Å²) in [5.74, 6) is 1.93. The second-order valence-electron chi connectivity index (χ2n) is 5.31. The van der Waals surface area contributed by atoms with Crippen molar-refractivity contribution in [1.29, 1.82) is 0 Å². The predicted octanol–water partition coefficient (Wildman–Crippen LogP) is 2.73. The van der Waals surface area contributed by atoms with E-state index in [-0.39, 0.29) is 24.0 Å². The minimum atomic E-state index is -0.876. The van der Waals surface area contributed by atoms with Crippen LogP contribution in [0.1, 0.15) is 16.3 Å². The van der Waals surface area contributed by atoms with Gasteiger partial charge in [0.1, 0.15) is 0 Å². The van der Waals surface area contributed by atoms with Crippen molar-refractivity contribution in [1.82, 2.24) is 15.6 Å². The number of aryl methyl sites for hydroxylation is 1. The molecule has 8 heteroatoms. The van der Waals surface area contributed by atoms with Crippen LogP contribution in [0.5, 0.6) is 0 Å². The molecule has 0 saturated heterocycles. The van der Waals surface area contributed by atoms with E-state index in [1.165, 1.54) is 0 Å². The molecule has 0 aliphatic rings. The van der Waals surface area contributed by atoms with Crippen LogP contribution in [0.3, 0.4) is 0 Å². The van der Waals surface area contributed by atoms with Gasteiger partial charge in [0.05, 0.1) is 10.7 Å². The van der Waals surface area contributed by atoms with Crippen molar-refractivity contribution in [2.24, 2.45) is 4.99 Å². The van der Waals surface area contributed by atoms with E-state index in [0.29, 0.717) is 18.1 Å². The molecular weight excluding hydrogens is 467 g/mol. The molecule has 0 radical (unpaired) electrons. The normalized spacial score (nSPS) is 12.3. The number of aliphatic imine (C=N–C) groups is 1. The van der Waals surface area contributed by atoms with E-state index >= 15 is 0 Å². The molecule has 138 valence electrons. The average Bonchev–Trinajstić information content (AvgIpc) is 2.99. The molecule has 1 heterocycles. The highest BCUT2D eigenvalue weighted by Gasteiger charge is 2.03. The minimum Gasteiger partial charge on any atom is -0.356 e. The number of halogens is 1. The summed E-state index contributed by atoms with van der Waals surface area (Å²) in [5.41, 5.74) is 2.21. The molecule has 0 spiro atoms. The third-order valence-corrected chi connectivity index (χ3v) is 5.49. The monoisotopic (exact) mass is 492 g/mol. The first-order valence-corrected chi connectivity index (χ1v) is 10.3. The van der Waals surface area contributed by atoms with Crippen LogP contribution in [-0.4, -0.2) is 41.0 Å². The van der Waals surface area contributed by atoms with Gasteiger partial charge in [0.25, 0.3) is 0 Å². The number of rotatable bonds is 8. The van der Waals surface area contributed by atoms with Crippen molar-refractivity contribution in [2.75, 3.05) is 25.9 Å². The maximum absolute atomic E-state index is 12.1. The number of aromatic nitrogens is 1. The number of nitrogens with zero attached hydrogens (tertiary/aromatic N) is 2. The van der Waals surface area contributed by atoms with Gasteiger partial charge in [-0.25, -0.2) is 4.98 Å². The second-order valence-corrected chi connectivity index (χ2v) is 7.95. The van der Waals surface area contributed by atoms with E-state index in [1.807, 2.05) is 37.3 Å². The average molecular weight is 492 g/mol. The summed E-state index contributed by atoms with van der Waals surface area (Å²) < 4.78 is 12.1. The van der Waals surface area contributed by atoms with Gasteiger partial charge in [-0.05, 0) is 12.5 Å². The molecule has 0 amide bonds. The second kappa shape index (κ2) is 12.4. The molecular formula is C17H25IN4OS2. The van der Waals surface area contributed by atoms with Gasteiger partial charge in [0.2, 0.25) is 0 Å². The smallest absolute Gasteiger partial charge is 0.191 e. The van der Waals surface area contributed by atoms with E-state index in [0.717, 1.165) is 35.2 Å². The van der Waals surface area contributed by atoms with Gasteiger partial charge >= 0.3 is 0 Å². The number of benzene rings is 1. The molecule has 0 aliphatic heterocycles. The summed E-state index contributed by atoms with van der Waals surface area (Å²) in [5, 5.41) is 9.64. The molecule has 1 atom stereocenters. The lowest BCUT2D eigenvalue weighted by Crippen LogP contribution is -2.40. The van der Waals surface area contributed by atoms with Crippen LogP contribution in [0.2, 0.25) is 0 Å². The fraction of sp³-hybridized carbons (Fsp3) is 0.412. The van der Waals surface area contributed by atoms with Crippen LogP contribution in [0.4, 0.5) is 0 Å². The van der Waals surface area contributed by atoms with E-state index in [1.54, 1.807) is 18.4 Å². The highest BCUT2D eigenvalue weighted by Crippen LogP contribution is 2.07.